The monoisotopic (exact) mass is 230 g/mol. The van der Waals surface area contributed by atoms with E-state index < -0.39 is 0 Å². The lowest BCUT2D eigenvalue weighted by Crippen LogP contribution is -1.74. The molecule has 2 heterocycles. The second-order valence-electron chi connectivity index (χ2n) is 2.26. The molecule has 12 heavy (non-hydrogen) atoms. The van der Waals surface area contributed by atoms with Crippen molar-refractivity contribution in [3.05, 3.63) is 16.3 Å². The van der Waals surface area contributed by atoms with E-state index >= 15 is 0 Å². The van der Waals surface area contributed by atoms with E-state index in [0.717, 1.165) is 0 Å². The van der Waals surface area contributed by atoms with Gasteiger partial charge in [0.05, 0.1) is 0 Å². The molecule has 0 atom stereocenters. The highest BCUT2D eigenvalue weighted by Crippen LogP contribution is 2.53. The van der Waals surface area contributed by atoms with Crippen LogP contribution in [0.1, 0.15) is 0 Å². The zero-order chi connectivity index (χ0) is 7.97. The topological polar surface area (TPSA) is 28.2 Å². The molecule has 2 aliphatic rings. The third-order valence-corrected chi connectivity index (χ3v) is 5.14. The van der Waals surface area contributed by atoms with Crippen LogP contribution in [0.4, 0.5) is 0 Å². The second-order valence-corrected chi connectivity index (χ2v) is 5.94. The van der Waals surface area contributed by atoms with Gasteiger partial charge in [-0.05, 0) is 36.0 Å². The lowest BCUT2D eigenvalue weighted by atomic mass is 10.3. The number of hydrogen-bond acceptors (Lipinski definition) is 4. The van der Waals surface area contributed by atoms with Crippen molar-refractivity contribution < 1.29 is 0 Å². The third-order valence-electron chi connectivity index (χ3n) is 1.55. The summed E-state index contributed by atoms with van der Waals surface area (Å²) in [7, 11) is 0. The van der Waals surface area contributed by atoms with Gasteiger partial charge in [-0.25, -0.2) is 23.9 Å². The molecule has 0 spiro atoms. The Bertz CT molecular complexity index is 280. The van der Waals surface area contributed by atoms with Crippen LogP contribution in [-0.2, 0) is 0 Å². The standard InChI is InChI=1S/C6H2N2S4/c1-3-5(11-7-9-3)2-6-4(1)10-8-12-6/h1-2H/q-1. The first kappa shape index (κ1) is 7.90. The van der Waals surface area contributed by atoms with Gasteiger partial charge in [0, 0.05) is 19.6 Å². The SMILES string of the molecule is c1c2c(cc3c1S[N-]S3)S[N]S2. The summed E-state index contributed by atoms with van der Waals surface area (Å²) in [4.78, 5) is 5.07. The summed E-state index contributed by atoms with van der Waals surface area (Å²) in [5, 5.41) is 0. The van der Waals surface area contributed by atoms with Crippen molar-refractivity contribution >= 4 is 47.8 Å². The molecule has 0 N–H and O–H groups in total. The van der Waals surface area contributed by atoms with E-state index in [2.05, 4.69) is 20.4 Å². The van der Waals surface area contributed by atoms with Crippen molar-refractivity contribution in [2.45, 2.75) is 19.6 Å². The van der Waals surface area contributed by atoms with E-state index in [4.69, 9.17) is 0 Å². The molecule has 0 bridgehead atoms. The Balaban J connectivity index is 2.18. The molecule has 6 heteroatoms. The zero-order valence-corrected chi connectivity index (χ0v) is 8.95. The molecule has 0 aliphatic carbocycles. The number of fused-ring (bicyclic) bond motifs is 2. The third kappa shape index (κ3) is 1.18. The summed E-state index contributed by atoms with van der Waals surface area (Å²) in [5.41, 5.74) is 0. The molecular formula is C6H2N2S4-. The van der Waals surface area contributed by atoms with Crippen molar-refractivity contribution in [2.75, 3.05) is 0 Å². The first-order valence-electron chi connectivity index (χ1n) is 3.20. The Kier molecular flexibility index (Phi) is 2.00. The molecule has 0 amide bonds. The normalized spacial score (nSPS) is 19.3. The minimum Gasteiger partial charge on any atom is -0.542 e. The van der Waals surface area contributed by atoms with Gasteiger partial charge in [-0.3, -0.25) is 0 Å². The Morgan fingerprint density at radius 3 is 2.08 bits per heavy atom. The van der Waals surface area contributed by atoms with Gasteiger partial charge in [-0.1, -0.05) is 4.13 Å². The average Bonchev–Trinajstić information content (AvgIpc) is 2.64. The minimum absolute atomic E-state index is 1.27. The molecule has 2 aliphatic heterocycles. The van der Waals surface area contributed by atoms with Gasteiger partial charge in [0.25, 0.3) is 0 Å². The smallest absolute Gasteiger partial charge is 0.0414 e. The number of nitrogens with zero attached hydrogens (tertiary/aromatic N) is 2. The molecule has 1 aromatic rings. The van der Waals surface area contributed by atoms with Crippen LogP contribution in [0.3, 0.4) is 0 Å². The molecule has 0 aromatic heterocycles. The summed E-state index contributed by atoms with van der Waals surface area (Å²) in [6.45, 7) is 0. The fourth-order valence-electron chi connectivity index (χ4n) is 1.01. The molecule has 1 aromatic carbocycles. The molecule has 0 saturated heterocycles. The Labute approximate surface area is 87.6 Å². The van der Waals surface area contributed by atoms with Crippen LogP contribution < -0.4 is 4.13 Å². The van der Waals surface area contributed by atoms with Crippen molar-refractivity contribution in [2.24, 2.45) is 0 Å². The van der Waals surface area contributed by atoms with Crippen LogP contribution in [0.2, 0.25) is 0 Å². The van der Waals surface area contributed by atoms with Crippen LogP contribution in [0.5, 0.6) is 0 Å². The van der Waals surface area contributed by atoms with Crippen LogP contribution in [0.15, 0.2) is 31.7 Å². The molecule has 0 saturated carbocycles. The average molecular weight is 230 g/mol. The van der Waals surface area contributed by atoms with E-state index in [-0.39, 0.29) is 0 Å². The van der Waals surface area contributed by atoms with Crippen molar-refractivity contribution in [1.29, 1.82) is 0 Å². The summed E-state index contributed by atoms with van der Waals surface area (Å²) >= 11 is 6.23. The van der Waals surface area contributed by atoms with Crippen LogP contribution in [0, 0.1) is 0 Å². The van der Waals surface area contributed by atoms with Gasteiger partial charge >= 0.3 is 0 Å². The maximum Gasteiger partial charge on any atom is 0.0414 e. The Morgan fingerprint density at radius 1 is 0.917 bits per heavy atom. The first-order chi connectivity index (χ1) is 5.93. The van der Waals surface area contributed by atoms with Crippen LogP contribution >= 0.6 is 47.8 Å². The molecule has 2 nitrogen and oxygen atoms in total. The number of rotatable bonds is 0. The summed E-state index contributed by atoms with van der Waals surface area (Å²) in [6, 6.07) is 4.35. The molecule has 1 radical (unpaired) electrons. The predicted molar refractivity (Wildman–Crippen MR) is 55.4 cm³/mol. The molecular weight excluding hydrogens is 228 g/mol. The van der Waals surface area contributed by atoms with Gasteiger partial charge < -0.3 is 4.13 Å². The zero-order valence-electron chi connectivity index (χ0n) is 5.68. The van der Waals surface area contributed by atoms with Crippen molar-refractivity contribution in [3.63, 3.8) is 0 Å². The first-order valence-corrected chi connectivity index (χ1v) is 6.30. The van der Waals surface area contributed by atoms with E-state index in [9.17, 15) is 0 Å². The van der Waals surface area contributed by atoms with Crippen LogP contribution in [0.25, 0.3) is 4.13 Å². The Morgan fingerprint density at radius 2 is 1.50 bits per heavy atom. The summed E-state index contributed by atoms with van der Waals surface area (Å²) in [6.07, 6.45) is 0. The van der Waals surface area contributed by atoms with Crippen LogP contribution in [-0.4, -0.2) is 0 Å². The number of hydrogen-bond donors (Lipinski definition) is 0. The highest BCUT2D eigenvalue weighted by Gasteiger charge is 2.16. The molecule has 3 rings (SSSR count). The summed E-state index contributed by atoms with van der Waals surface area (Å²) in [5.74, 6) is 0. The van der Waals surface area contributed by atoms with E-state index in [1.807, 2.05) is 0 Å². The van der Waals surface area contributed by atoms with Crippen molar-refractivity contribution in [3.8, 4) is 0 Å². The minimum atomic E-state index is 1.27. The van der Waals surface area contributed by atoms with E-state index in [1.54, 1.807) is 47.8 Å². The van der Waals surface area contributed by atoms with Crippen molar-refractivity contribution in [1.82, 2.24) is 4.13 Å². The quantitative estimate of drug-likeness (QED) is 0.635. The fourth-order valence-corrected chi connectivity index (χ4v) is 4.46. The lowest BCUT2D eigenvalue weighted by Gasteiger charge is -2.01. The highest BCUT2D eigenvalue weighted by molar-refractivity contribution is 8.22. The highest BCUT2D eigenvalue weighted by atomic mass is 32.2. The maximum atomic E-state index is 4.18. The van der Waals surface area contributed by atoms with Gasteiger partial charge in [0.1, 0.15) is 0 Å². The van der Waals surface area contributed by atoms with E-state index in [1.165, 1.54) is 19.6 Å². The van der Waals surface area contributed by atoms with E-state index in [0.29, 0.717) is 0 Å². The molecule has 61 valence electrons. The maximum absolute atomic E-state index is 4.18. The Hall–Kier alpha value is 0.540. The lowest BCUT2D eigenvalue weighted by molar-refractivity contribution is 1.11. The van der Waals surface area contributed by atoms with Gasteiger partial charge in [-0.15, -0.1) is 0 Å². The summed E-state index contributed by atoms with van der Waals surface area (Å²) < 4.78 is 8.35. The largest absolute Gasteiger partial charge is 0.542 e. The second kappa shape index (κ2) is 3.04. The number of benzene rings is 1. The molecule has 0 fully saturated rings. The molecule has 0 unspecified atom stereocenters. The predicted octanol–water partition coefficient (Wildman–Crippen LogP) is 3.72. The van der Waals surface area contributed by atoms with Gasteiger partial charge in [0.15, 0.2) is 0 Å². The van der Waals surface area contributed by atoms with Gasteiger partial charge in [-0.2, -0.15) is 0 Å². The van der Waals surface area contributed by atoms with Gasteiger partial charge in [0.2, 0.25) is 0 Å². The fraction of sp³-hybridized carbons (Fsp3) is 0.